The van der Waals surface area contributed by atoms with Gasteiger partial charge in [-0.2, -0.15) is 0 Å². The topological polar surface area (TPSA) is 31.4 Å². The van der Waals surface area contributed by atoms with Crippen molar-refractivity contribution in [3.05, 3.63) is 23.9 Å². The fourth-order valence-corrected chi connectivity index (χ4v) is 2.70. The Balaban J connectivity index is 1.93. The molecule has 1 aromatic rings. The third kappa shape index (κ3) is 3.67. The molecule has 1 aliphatic heterocycles. The van der Waals surface area contributed by atoms with Crippen molar-refractivity contribution in [2.24, 2.45) is 0 Å². The highest BCUT2D eigenvalue weighted by Crippen LogP contribution is 2.16. The maximum absolute atomic E-state index is 4.44. The van der Waals surface area contributed by atoms with Crippen LogP contribution in [-0.2, 0) is 6.54 Å². The first kappa shape index (κ1) is 14.3. The van der Waals surface area contributed by atoms with E-state index in [1.54, 1.807) is 0 Å². The third-order valence-corrected chi connectivity index (χ3v) is 4.02. The average Bonchev–Trinajstić information content (AvgIpc) is 2.38. The normalized spacial score (nSPS) is 25.5. The standard InChI is InChI=1S/C15H26N4/c1-5-16-15-7-6-14(8-17-15)11-19-9-12(2)18(4)13(3)10-19/h6-8,12-13H,5,9-11H2,1-4H3,(H,16,17). The van der Waals surface area contributed by atoms with Gasteiger partial charge in [0.15, 0.2) is 0 Å². The largest absolute Gasteiger partial charge is 0.370 e. The quantitative estimate of drug-likeness (QED) is 0.900. The molecule has 19 heavy (non-hydrogen) atoms. The lowest BCUT2D eigenvalue weighted by Gasteiger charge is -2.42. The van der Waals surface area contributed by atoms with E-state index in [0.29, 0.717) is 12.1 Å². The number of piperazine rings is 1. The summed E-state index contributed by atoms with van der Waals surface area (Å²) in [4.78, 5) is 9.43. The summed E-state index contributed by atoms with van der Waals surface area (Å²) < 4.78 is 0. The van der Waals surface area contributed by atoms with Gasteiger partial charge in [-0.05, 0) is 39.4 Å². The average molecular weight is 262 g/mol. The molecule has 4 nitrogen and oxygen atoms in total. The summed E-state index contributed by atoms with van der Waals surface area (Å²) in [6.45, 7) is 10.9. The highest BCUT2D eigenvalue weighted by molar-refractivity contribution is 5.35. The van der Waals surface area contributed by atoms with Crippen LogP contribution in [0.2, 0.25) is 0 Å². The van der Waals surface area contributed by atoms with Crippen LogP contribution in [0.25, 0.3) is 0 Å². The van der Waals surface area contributed by atoms with E-state index in [2.05, 4.69) is 60.1 Å². The molecule has 0 saturated carbocycles. The fraction of sp³-hybridized carbons (Fsp3) is 0.667. The molecule has 4 heteroatoms. The predicted octanol–water partition coefficient (Wildman–Crippen LogP) is 2.04. The van der Waals surface area contributed by atoms with Crippen molar-refractivity contribution in [1.82, 2.24) is 14.8 Å². The molecule has 106 valence electrons. The molecule has 1 fully saturated rings. The molecule has 2 rings (SSSR count). The molecule has 1 N–H and O–H groups in total. The maximum Gasteiger partial charge on any atom is 0.125 e. The Morgan fingerprint density at radius 2 is 1.95 bits per heavy atom. The van der Waals surface area contributed by atoms with Gasteiger partial charge in [0.05, 0.1) is 0 Å². The molecule has 1 saturated heterocycles. The lowest BCUT2D eigenvalue weighted by Crippen LogP contribution is -2.54. The lowest BCUT2D eigenvalue weighted by molar-refractivity contribution is 0.0556. The van der Waals surface area contributed by atoms with Crippen molar-refractivity contribution >= 4 is 5.82 Å². The van der Waals surface area contributed by atoms with Gasteiger partial charge in [-0.1, -0.05) is 6.07 Å². The monoisotopic (exact) mass is 262 g/mol. The summed E-state index contributed by atoms with van der Waals surface area (Å²) in [7, 11) is 2.22. The van der Waals surface area contributed by atoms with Crippen LogP contribution in [0, 0.1) is 0 Å². The number of likely N-dealkylation sites (N-methyl/N-ethyl adjacent to an activating group) is 1. The van der Waals surface area contributed by atoms with E-state index in [0.717, 1.165) is 32.0 Å². The van der Waals surface area contributed by atoms with Crippen molar-refractivity contribution in [2.75, 3.05) is 32.0 Å². The molecule has 1 aromatic heterocycles. The zero-order valence-corrected chi connectivity index (χ0v) is 12.6. The highest BCUT2D eigenvalue weighted by Gasteiger charge is 2.26. The van der Waals surface area contributed by atoms with Crippen molar-refractivity contribution in [3.8, 4) is 0 Å². The first-order valence-electron chi connectivity index (χ1n) is 7.23. The van der Waals surface area contributed by atoms with E-state index in [1.807, 2.05) is 6.20 Å². The van der Waals surface area contributed by atoms with Crippen molar-refractivity contribution < 1.29 is 0 Å². The predicted molar refractivity (Wildman–Crippen MR) is 80.4 cm³/mol. The van der Waals surface area contributed by atoms with Crippen LogP contribution in [0.15, 0.2) is 18.3 Å². The second kappa shape index (κ2) is 6.35. The Labute approximate surface area is 116 Å². The Bertz CT molecular complexity index is 378. The van der Waals surface area contributed by atoms with Crippen LogP contribution in [0.1, 0.15) is 26.3 Å². The minimum Gasteiger partial charge on any atom is -0.370 e. The molecule has 0 spiro atoms. The van der Waals surface area contributed by atoms with Gasteiger partial charge in [0.25, 0.3) is 0 Å². The second-order valence-electron chi connectivity index (χ2n) is 5.64. The number of nitrogens with one attached hydrogen (secondary N) is 1. The van der Waals surface area contributed by atoms with E-state index >= 15 is 0 Å². The molecule has 0 amide bonds. The Hall–Kier alpha value is -1.13. The van der Waals surface area contributed by atoms with Crippen LogP contribution < -0.4 is 5.32 Å². The summed E-state index contributed by atoms with van der Waals surface area (Å²) >= 11 is 0. The summed E-state index contributed by atoms with van der Waals surface area (Å²) in [6.07, 6.45) is 1.99. The van der Waals surface area contributed by atoms with Gasteiger partial charge in [0.2, 0.25) is 0 Å². The summed E-state index contributed by atoms with van der Waals surface area (Å²) in [6, 6.07) is 5.50. The van der Waals surface area contributed by atoms with Gasteiger partial charge in [0, 0.05) is 44.5 Å². The summed E-state index contributed by atoms with van der Waals surface area (Å²) in [5.41, 5.74) is 1.30. The smallest absolute Gasteiger partial charge is 0.125 e. The van der Waals surface area contributed by atoms with Crippen molar-refractivity contribution in [3.63, 3.8) is 0 Å². The van der Waals surface area contributed by atoms with Crippen LogP contribution in [0.5, 0.6) is 0 Å². The Kier molecular flexibility index (Phi) is 4.77. The number of hydrogen-bond donors (Lipinski definition) is 1. The molecule has 0 radical (unpaired) electrons. The molecular weight excluding hydrogens is 236 g/mol. The zero-order chi connectivity index (χ0) is 13.8. The van der Waals surface area contributed by atoms with Crippen LogP contribution in [-0.4, -0.2) is 53.5 Å². The van der Waals surface area contributed by atoms with Crippen molar-refractivity contribution in [1.29, 1.82) is 0 Å². The van der Waals surface area contributed by atoms with Crippen LogP contribution in [0.4, 0.5) is 5.82 Å². The van der Waals surface area contributed by atoms with E-state index < -0.39 is 0 Å². The fourth-order valence-electron chi connectivity index (χ4n) is 2.70. The second-order valence-corrected chi connectivity index (χ2v) is 5.64. The Morgan fingerprint density at radius 3 is 2.47 bits per heavy atom. The summed E-state index contributed by atoms with van der Waals surface area (Å²) in [5, 5.41) is 3.23. The van der Waals surface area contributed by atoms with E-state index in [4.69, 9.17) is 0 Å². The Morgan fingerprint density at radius 1 is 1.26 bits per heavy atom. The van der Waals surface area contributed by atoms with E-state index in [1.165, 1.54) is 5.56 Å². The number of aromatic nitrogens is 1. The first-order chi connectivity index (χ1) is 9.10. The highest BCUT2D eigenvalue weighted by atomic mass is 15.3. The van der Waals surface area contributed by atoms with Gasteiger partial charge >= 0.3 is 0 Å². The van der Waals surface area contributed by atoms with Gasteiger partial charge in [0.1, 0.15) is 5.82 Å². The number of hydrogen-bond acceptors (Lipinski definition) is 4. The zero-order valence-electron chi connectivity index (χ0n) is 12.6. The minimum atomic E-state index is 0.623. The first-order valence-corrected chi connectivity index (χ1v) is 7.23. The van der Waals surface area contributed by atoms with Gasteiger partial charge in [-0.3, -0.25) is 9.80 Å². The van der Waals surface area contributed by atoms with Gasteiger partial charge in [-0.25, -0.2) is 4.98 Å². The minimum absolute atomic E-state index is 0.623. The molecule has 0 bridgehead atoms. The molecule has 2 unspecified atom stereocenters. The molecule has 0 aliphatic carbocycles. The summed E-state index contributed by atoms with van der Waals surface area (Å²) in [5.74, 6) is 0.964. The van der Waals surface area contributed by atoms with Gasteiger partial charge in [-0.15, -0.1) is 0 Å². The molecule has 1 aliphatic rings. The molecule has 2 atom stereocenters. The SMILES string of the molecule is CCNc1ccc(CN2CC(C)N(C)C(C)C2)cn1. The lowest BCUT2D eigenvalue weighted by atomic mass is 10.1. The number of pyridine rings is 1. The molecule has 2 heterocycles. The van der Waals surface area contributed by atoms with Crippen LogP contribution in [0.3, 0.4) is 0 Å². The molecular formula is C15H26N4. The van der Waals surface area contributed by atoms with E-state index in [9.17, 15) is 0 Å². The maximum atomic E-state index is 4.44. The van der Waals surface area contributed by atoms with Crippen molar-refractivity contribution in [2.45, 2.75) is 39.4 Å². The molecule has 0 aromatic carbocycles. The van der Waals surface area contributed by atoms with Crippen LogP contribution >= 0.6 is 0 Å². The number of nitrogens with zero attached hydrogens (tertiary/aromatic N) is 3. The number of anilines is 1. The van der Waals surface area contributed by atoms with Gasteiger partial charge < -0.3 is 5.32 Å². The third-order valence-electron chi connectivity index (χ3n) is 4.02. The van der Waals surface area contributed by atoms with E-state index in [-0.39, 0.29) is 0 Å². The number of rotatable bonds is 4.